The molecule has 20 heavy (non-hydrogen) atoms. The second-order valence-electron chi connectivity index (χ2n) is 4.68. The number of benzene rings is 1. The number of hydrogen-bond acceptors (Lipinski definition) is 3. The molecule has 5 nitrogen and oxygen atoms in total. The number of fused-ring (bicyclic) bond motifs is 1. The number of sulfonamides is 1. The molecular weight excluding hydrogens is 274 g/mol. The summed E-state index contributed by atoms with van der Waals surface area (Å²) in [7, 11) is 0.822. The number of likely N-dealkylation sites (N-methyl/N-ethyl adjacent to an activating group) is 1. The second kappa shape index (κ2) is 5.95. The Morgan fingerprint density at radius 1 is 1.40 bits per heavy atom. The van der Waals surface area contributed by atoms with E-state index in [9.17, 15) is 8.42 Å². The standard InChI is InChI=1S/C14H21N3O2S/c1-15-20(18,19)10-11-4-5-14-13(8-11)12(9-16-14)6-7-17(2)3/h4-5,8-9,15-16H,6-7,10H2,1-3H3/i6D2,7D2. The first kappa shape index (κ1) is 10.4. The Balaban J connectivity index is 2.57. The molecule has 1 heterocycles. The van der Waals surface area contributed by atoms with Crippen LogP contribution in [0.1, 0.15) is 16.6 Å². The van der Waals surface area contributed by atoms with Crippen LogP contribution in [0.3, 0.4) is 0 Å². The molecule has 2 aromatic rings. The number of aryl methyl sites for hydroxylation is 1. The Kier molecular flexibility index (Phi) is 3.08. The molecule has 1 aromatic carbocycles. The lowest BCUT2D eigenvalue weighted by Crippen LogP contribution is -2.20. The smallest absolute Gasteiger partial charge is 0.215 e. The van der Waals surface area contributed by atoms with Crippen molar-refractivity contribution in [1.29, 1.82) is 0 Å². The SMILES string of the molecule is [2H]C([2H])(c1c[nH]c2ccc(CS(=O)(=O)NC)cc12)C([2H])([2H])N(C)C. The third-order valence-corrected chi connectivity index (χ3v) is 4.16. The molecule has 2 rings (SSSR count). The minimum Gasteiger partial charge on any atom is -0.361 e. The number of aromatic amines is 1. The van der Waals surface area contributed by atoms with Gasteiger partial charge in [-0.15, -0.1) is 0 Å². The summed E-state index contributed by atoms with van der Waals surface area (Å²) in [5.74, 6) is -0.229. The molecule has 0 spiro atoms. The average molecular weight is 299 g/mol. The molecule has 110 valence electrons. The summed E-state index contributed by atoms with van der Waals surface area (Å²) in [5, 5.41) is 0.467. The molecule has 0 fully saturated rings. The minimum atomic E-state index is -3.45. The van der Waals surface area contributed by atoms with Crippen molar-refractivity contribution in [3.8, 4) is 0 Å². The van der Waals surface area contributed by atoms with E-state index >= 15 is 0 Å². The van der Waals surface area contributed by atoms with E-state index < -0.39 is 22.9 Å². The van der Waals surface area contributed by atoms with Gasteiger partial charge in [0.1, 0.15) is 0 Å². The predicted octanol–water partition coefficient (Wildman–Crippen LogP) is 1.32. The van der Waals surface area contributed by atoms with Crippen molar-refractivity contribution >= 4 is 20.9 Å². The molecular formula is C14H21N3O2S. The third kappa shape index (κ3) is 3.59. The monoisotopic (exact) mass is 299 g/mol. The molecule has 0 aliphatic rings. The van der Waals surface area contributed by atoms with Gasteiger partial charge >= 0.3 is 0 Å². The van der Waals surface area contributed by atoms with E-state index in [4.69, 9.17) is 5.48 Å². The number of nitrogens with zero attached hydrogens (tertiary/aromatic N) is 1. The van der Waals surface area contributed by atoms with Crippen molar-refractivity contribution in [3.63, 3.8) is 0 Å². The van der Waals surface area contributed by atoms with Gasteiger partial charge in [0.2, 0.25) is 10.0 Å². The predicted molar refractivity (Wildman–Crippen MR) is 82.2 cm³/mol. The van der Waals surface area contributed by atoms with Crippen LogP contribution in [0.5, 0.6) is 0 Å². The van der Waals surface area contributed by atoms with E-state index in [0.29, 0.717) is 16.5 Å². The summed E-state index contributed by atoms with van der Waals surface area (Å²) in [4.78, 5) is 4.10. The highest BCUT2D eigenvalue weighted by Crippen LogP contribution is 2.21. The molecule has 0 saturated heterocycles. The van der Waals surface area contributed by atoms with Crippen molar-refractivity contribution in [3.05, 3.63) is 35.5 Å². The lowest BCUT2D eigenvalue weighted by Gasteiger charge is -2.08. The maximum absolute atomic E-state index is 11.7. The van der Waals surface area contributed by atoms with Gasteiger partial charge in [0.05, 0.1) is 5.75 Å². The van der Waals surface area contributed by atoms with Gasteiger partial charge in [0, 0.05) is 29.1 Å². The van der Waals surface area contributed by atoms with Crippen LogP contribution in [-0.2, 0) is 22.1 Å². The zero-order valence-corrected chi connectivity index (χ0v) is 12.5. The maximum atomic E-state index is 11.7. The van der Waals surface area contributed by atoms with Gasteiger partial charge in [-0.2, -0.15) is 0 Å². The summed E-state index contributed by atoms with van der Waals surface area (Å²) in [5.41, 5.74) is 1.27. The normalized spacial score (nSPS) is 16.8. The second-order valence-corrected chi connectivity index (χ2v) is 6.60. The molecule has 0 aliphatic heterocycles. The van der Waals surface area contributed by atoms with Crippen LogP contribution in [0.25, 0.3) is 10.9 Å². The van der Waals surface area contributed by atoms with Gasteiger partial charge in [0.25, 0.3) is 0 Å². The Morgan fingerprint density at radius 3 is 2.80 bits per heavy atom. The van der Waals surface area contributed by atoms with Crippen molar-refractivity contribution in [2.24, 2.45) is 0 Å². The minimum absolute atomic E-state index is 0.153. The third-order valence-electron chi connectivity index (χ3n) is 2.83. The van der Waals surface area contributed by atoms with Gasteiger partial charge in [-0.25, -0.2) is 13.1 Å². The van der Waals surface area contributed by atoms with Gasteiger partial charge in [-0.05, 0) is 50.8 Å². The average Bonchev–Trinajstić information content (AvgIpc) is 2.90. The summed E-state index contributed by atoms with van der Waals surface area (Å²) < 4.78 is 58.4. The van der Waals surface area contributed by atoms with Crippen molar-refractivity contribution < 1.29 is 13.9 Å². The van der Waals surface area contributed by atoms with Crippen LogP contribution < -0.4 is 4.72 Å². The molecule has 6 heteroatoms. The highest BCUT2D eigenvalue weighted by atomic mass is 32.2. The zero-order chi connectivity index (χ0) is 18.3. The van der Waals surface area contributed by atoms with Gasteiger partial charge in [0.15, 0.2) is 0 Å². The summed E-state index contributed by atoms with van der Waals surface area (Å²) >= 11 is 0. The van der Waals surface area contributed by atoms with Gasteiger partial charge in [-0.3, -0.25) is 0 Å². The van der Waals surface area contributed by atoms with E-state index in [1.807, 2.05) is 0 Å². The summed E-state index contributed by atoms with van der Waals surface area (Å²) in [6, 6.07) is 4.90. The molecule has 0 amide bonds. The molecule has 0 aliphatic carbocycles. The van der Waals surface area contributed by atoms with Crippen LogP contribution in [-0.4, -0.2) is 45.9 Å². The molecule has 2 N–H and O–H groups in total. The lowest BCUT2D eigenvalue weighted by molar-refractivity contribution is 0.414. The van der Waals surface area contributed by atoms with Gasteiger partial charge in [-0.1, -0.05) is 6.07 Å². The molecule has 0 unspecified atom stereocenters. The molecule has 0 bridgehead atoms. The first-order valence-electron chi connectivity index (χ1n) is 8.11. The molecule has 1 aromatic heterocycles. The maximum Gasteiger partial charge on any atom is 0.215 e. The van der Waals surface area contributed by atoms with E-state index in [1.54, 1.807) is 18.2 Å². The molecule has 0 atom stereocenters. The highest BCUT2D eigenvalue weighted by Gasteiger charge is 2.11. The van der Waals surface area contributed by atoms with Crippen LogP contribution in [0, 0.1) is 0 Å². The van der Waals surface area contributed by atoms with Crippen molar-refractivity contribution in [2.45, 2.75) is 12.1 Å². The molecule has 0 radical (unpaired) electrons. The number of rotatable bonds is 6. The quantitative estimate of drug-likeness (QED) is 0.845. The van der Waals surface area contributed by atoms with Crippen LogP contribution >= 0.6 is 0 Å². The Bertz CT molecular complexity index is 847. The van der Waals surface area contributed by atoms with Crippen molar-refractivity contribution in [1.82, 2.24) is 14.6 Å². The molecule has 0 saturated carbocycles. The van der Waals surface area contributed by atoms with E-state index in [0.717, 1.165) is 0 Å². The fourth-order valence-corrected chi connectivity index (χ4v) is 2.59. The highest BCUT2D eigenvalue weighted by molar-refractivity contribution is 7.88. The fraction of sp³-hybridized carbons (Fsp3) is 0.429. The van der Waals surface area contributed by atoms with E-state index in [2.05, 4.69) is 9.71 Å². The first-order valence-corrected chi connectivity index (χ1v) is 7.77. The Morgan fingerprint density at radius 2 is 2.15 bits per heavy atom. The number of hydrogen-bond donors (Lipinski definition) is 2. The largest absolute Gasteiger partial charge is 0.361 e. The Hall–Kier alpha value is -1.37. The van der Waals surface area contributed by atoms with Crippen LogP contribution in [0.4, 0.5) is 0 Å². The fourth-order valence-electron chi connectivity index (χ4n) is 1.82. The first-order chi connectivity index (χ1) is 10.9. The van der Waals surface area contributed by atoms with Gasteiger partial charge < -0.3 is 9.88 Å². The summed E-state index contributed by atoms with van der Waals surface area (Å²) in [6.07, 6.45) is -0.863. The van der Waals surface area contributed by atoms with E-state index in [-0.39, 0.29) is 11.3 Å². The summed E-state index contributed by atoms with van der Waals surface area (Å²) in [6.45, 7) is -2.24. The van der Waals surface area contributed by atoms with E-state index in [1.165, 1.54) is 32.2 Å². The van der Waals surface area contributed by atoms with Crippen LogP contribution in [0.15, 0.2) is 24.4 Å². The van der Waals surface area contributed by atoms with Crippen LogP contribution in [0.2, 0.25) is 0 Å². The number of nitrogens with one attached hydrogen (secondary N) is 2. The number of aromatic nitrogens is 1. The lowest BCUT2D eigenvalue weighted by atomic mass is 10.1. The number of H-pyrrole nitrogens is 1. The van der Waals surface area contributed by atoms with Crippen molar-refractivity contribution in [2.75, 3.05) is 27.6 Å². The topological polar surface area (TPSA) is 65.2 Å². The Labute approximate surface area is 125 Å². The zero-order valence-electron chi connectivity index (χ0n) is 15.7.